The van der Waals surface area contributed by atoms with Gasteiger partial charge in [0.25, 0.3) is 0 Å². The molecular formula is C25H34ClN3O2Pt. The van der Waals surface area contributed by atoms with Crippen LogP contribution in [0.5, 0.6) is 11.5 Å². The van der Waals surface area contributed by atoms with Gasteiger partial charge in [-0.2, -0.15) is 0 Å². The maximum atomic E-state index is 5.96. The van der Waals surface area contributed by atoms with Gasteiger partial charge >= 0.3 is 28.2 Å². The van der Waals surface area contributed by atoms with Crippen molar-refractivity contribution < 1.29 is 28.2 Å². The van der Waals surface area contributed by atoms with Crippen LogP contribution in [-0.4, -0.2) is 67.3 Å². The van der Waals surface area contributed by atoms with Crippen molar-refractivity contribution in [2.24, 2.45) is 0 Å². The first-order valence-electron chi connectivity index (χ1n) is 11.2. The Balaban J connectivity index is 0.00000176. The summed E-state index contributed by atoms with van der Waals surface area (Å²) in [4.78, 5) is 9.54. The number of hydrogen-bond acceptors (Lipinski definition) is 5. The molecule has 0 amide bonds. The van der Waals surface area contributed by atoms with Gasteiger partial charge in [-0.3, -0.25) is 4.98 Å². The van der Waals surface area contributed by atoms with Crippen LogP contribution in [0.25, 0.3) is 21.8 Å². The number of ether oxygens (including phenoxy) is 2. The van der Waals surface area contributed by atoms with Crippen molar-refractivity contribution in [3.8, 4) is 11.5 Å². The van der Waals surface area contributed by atoms with Crippen LogP contribution in [0.15, 0.2) is 36.4 Å². The maximum absolute atomic E-state index is 5.96. The molecule has 2 aromatic carbocycles. The number of hydrogen-bond donors (Lipinski definition) is 0. The molecule has 0 aliphatic carbocycles. The van der Waals surface area contributed by atoms with Gasteiger partial charge in [0.2, 0.25) is 0 Å². The van der Waals surface area contributed by atoms with Crippen molar-refractivity contribution in [2.45, 2.75) is 27.7 Å². The number of likely N-dealkylation sites (N-methyl/N-ethyl adjacent to an activating group) is 2. The molecule has 0 bridgehead atoms. The Labute approximate surface area is 207 Å². The third kappa shape index (κ3) is 7.88. The first-order valence-corrected chi connectivity index (χ1v) is 14.1. The third-order valence-corrected chi connectivity index (χ3v) is 5.61. The van der Waals surface area contributed by atoms with Crippen molar-refractivity contribution in [1.29, 1.82) is 0 Å². The molecule has 5 nitrogen and oxygen atoms in total. The van der Waals surface area contributed by atoms with E-state index in [1.165, 1.54) is 0 Å². The number of fused-ring (bicyclic) bond motifs is 2. The van der Waals surface area contributed by atoms with Gasteiger partial charge in [-0.25, -0.2) is 0 Å². The Morgan fingerprint density at radius 1 is 0.812 bits per heavy atom. The van der Waals surface area contributed by atoms with Gasteiger partial charge in [-0.05, 0) is 43.1 Å². The average Bonchev–Trinajstić information content (AvgIpc) is 2.84. The molecule has 0 aliphatic rings. The zero-order valence-corrected chi connectivity index (χ0v) is 22.5. The van der Waals surface area contributed by atoms with E-state index in [1.54, 1.807) is 18.8 Å². The van der Waals surface area contributed by atoms with Crippen LogP contribution in [-0.2, 0) is 18.8 Å². The number of aromatic nitrogens is 1. The second-order valence-electron chi connectivity index (χ2n) is 7.36. The molecule has 3 aromatic rings. The minimum atomic E-state index is 0.666. The zero-order valence-electron chi connectivity index (χ0n) is 19.5. The van der Waals surface area contributed by atoms with Gasteiger partial charge in [0.05, 0.1) is 12.1 Å². The van der Waals surface area contributed by atoms with Crippen LogP contribution in [0.1, 0.15) is 27.7 Å². The summed E-state index contributed by atoms with van der Waals surface area (Å²) in [5.74, 6) is 1.67. The van der Waals surface area contributed by atoms with E-state index in [0.717, 1.165) is 72.6 Å². The second kappa shape index (κ2) is 14.7. The Morgan fingerprint density at radius 3 is 1.97 bits per heavy atom. The zero-order chi connectivity index (χ0) is 23.3. The molecule has 7 heteroatoms. The standard InChI is InChI=1S/C25H34N3O2.ClH.Pt/c1-5-27(6-2)13-15-29-22-11-9-20-17-21-10-12-23(19-25(21)26-24(20)18-22)30-16-14-28(7-3)8-4;;/h9,11-12,17-19H,5-8,13-16H2,1-4H3;1H;/q-1;;+2/p-1. The van der Waals surface area contributed by atoms with E-state index in [4.69, 9.17) is 14.5 Å². The van der Waals surface area contributed by atoms with E-state index in [9.17, 15) is 0 Å². The Kier molecular flexibility index (Phi) is 12.3. The summed E-state index contributed by atoms with van der Waals surface area (Å²) in [6.07, 6.45) is 0. The van der Waals surface area contributed by atoms with Gasteiger partial charge in [-0.15, -0.1) is 23.6 Å². The Morgan fingerprint density at radius 2 is 1.38 bits per heavy atom. The number of nitrogens with zero attached hydrogens (tertiary/aromatic N) is 3. The van der Waals surface area contributed by atoms with Gasteiger partial charge in [-0.1, -0.05) is 39.8 Å². The molecule has 0 atom stereocenters. The van der Waals surface area contributed by atoms with Crippen molar-refractivity contribution in [3.05, 3.63) is 42.5 Å². The van der Waals surface area contributed by atoms with E-state index in [2.05, 4.69) is 65.1 Å². The molecule has 0 saturated heterocycles. The monoisotopic (exact) mass is 638 g/mol. The van der Waals surface area contributed by atoms with Crippen molar-refractivity contribution >= 4 is 31.2 Å². The fraction of sp³-hybridized carbons (Fsp3) is 0.480. The first-order chi connectivity index (χ1) is 15.7. The van der Waals surface area contributed by atoms with Crippen molar-refractivity contribution in [2.75, 3.05) is 52.5 Å². The summed E-state index contributed by atoms with van der Waals surface area (Å²) in [5.41, 5.74) is 1.82. The van der Waals surface area contributed by atoms with Gasteiger partial charge in [0.15, 0.2) is 0 Å². The Bertz CT molecular complexity index is 876. The van der Waals surface area contributed by atoms with E-state index in [-0.39, 0.29) is 0 Å². The number of halogens is 1. The summed E-state index contributed by atoms with van der Waals surface area (Å²) in [5, 5.41) is 2.08. The summed E-state index contributed by atoms with van der Waals surface area (Å²) in [7, 11) is 4.61. The summed E-state index contributed by atoms with van der Waals surface area (Å²) in [6.45, 7) is 16.0. The minimum absolute atomic E-state index is 0.666. The molecule has 0 saturated carbocycles. The molecule has 0 fully saturated rings. The van der Waals surface area contributed by atoms with Gasteiger partial charge in [0, 0.05) is 24.9 Å². The van der Waals surface area contributed by atoms with Crippen LogP contribution in [0.4, 0.5) is 0 Å². The van der Waals surface area contributed by atoms with Crippen LogP contribution < -0.4 is 9.47 Å². The molecule has 32 heavy (non-hydrogen) atoms. The molecule has 3 rings (SSSR count). The topological polar surface area (TPSA) is 37.8 Å². The van der Waals surface area contributed by atoms with Gasteiger partial charge < -0.3 is 19.3 Å². The molecule has 0 aliphatic heterocycles. The SMILES string of the molecule is CCN(CC)CCOc1c[c-]c2cc3ccc(OCCN(CC)CC)cc3nc2c1.[Cl][Pt+]. The normalized spacial score (nSPS) is 11.2. The summed E-state index contributed by atoms with van der Waals surface area (Å²) in [6, 6.07) is 15.4. The van der Waals surface area contributed by atoms with Crippen LogP contribution in [0.2, 0.25) is 0 Å². The fourth-order valence-electron chi connectivity index (χ4n) is 3.55. The average molecular weight is 639 g/mol. The third-order valence-electron chi connectivity index (χ3n) is 5.61. The number of benzene rings is 2. The molecule has 0 unspecified atom stereocenters. The molecule has 1 heterocycles. The predicted molar refractivity (Wildman–Crippen MR) is 131 cm³/mol. The summed E-state index contributed by atoms with van der Waals surface area (Å²) < 4.78 is 11.9. The van der Waals surface area contributed by atoms with E-state index in [0.29, 0.717) is 13.2 Å². The predicted octanol–water partition coefficient (Wildman–Crippen LogP) is 5.32. The van der Waals surface area contributed by atoms with Crippen molar-refractivity contribution in [1.82, 2.24) is 14.8 Å². The number of pyridine rings is 1. The second-order valence-corrected chi connectivity index (χ2v) is 7.36. The van der Waals surface area contributed by atoms with Crippen LogP contribution >= 0.6 is 9.42 Å². The molecule has 0 radical (unpaired) electrons. The summed E-state index contributed by atoms with van der Waals surface area (Å²) >= 11 is 1.61. The van der Waals surface area contributed by atoms with Gasteiger partial charge in [0.1, 0.15) is 12.4 Å². The van der Waals surface area contributed by atoms with Crippen molar-refractivity contribution in [3.63, 3.8) is 0 Å². The first kappa shape index (κ1) is 26.9. The van der Waals surface area contributed by atoms with E-state index in [1.807, 2.05) is 24.3 Å². The number of rotatable bonds is 12. The van der Waals surface area contributed by atoms with Crippen LogP contribution in [0.3, 0.4) is 0 Å². The molecule has 178 valence electrons. The van der Waals surface area contributed by atoms with E-state index < -0.39 is 0 Å². The molecule has 1 aromatic heterocycles. The fourth-order valence-corrected chi connectivity index (χ4v) is 3.55. The Hall–Kier alpha value is -1.39. The molecule has 0 N–H and O–H groups in total. The quantitative estimate of drug-likeness (QED) is 0.199. The molecular weight excluding hydrogens is 605 g/mol. The van der Waals surface area contributed by atoms with Crippen LogP contribution in [0, 0.1) is 6.07 Å². The molecule has 0 spiro atoms. The van der Waals surface area contributed by atoms with E-state index >= 15 is 0 Å².